The Balaban J connectivity index is 1.36. The number of benzene rings is 2. The van der Waals surface area contributed by atoms with Crippen molar-refractivity contribution in [3.8, 4) is 0 Å². The molecule has 3 aromatic rings. The van der Waals surface area contributed by atoms with E-state index in [2.05, 4.69) is 9.80 Å². The first-order valence-corrected chi connectivity index (χ1v) is 11.2. The van der Waals surface area contributed by atoms with Gasteiger partial charge in [-0.2, -0.15) is 0 Å². The largest absolute Gasteiger partial charge is 0.376 e. The molecular weight excluding hydrogens is 412 g/mol. The molecule has 3 heterocycles. The predicted octanol–water partition coefficient (Wildman–Crippen LogP) is 3.78. The molecule has 1 aromatic heterocycles. The number of fused-ring (bicyclic) bond motifs is 1. The monoisotopic (exact) mass is 439 g/mol. The van der Waals surface area contributed by atoms with Crippen LogP contribution in [0.4, 0.5) is 14.5 Å². The van der Waals surface area contributed by atoms with Crippen LogP contribution in [-0.2, 0) is 17.8 Å². The number of hydrogen-bond donors (Lipinski definition) is 0. The Morgan fingerprint density at radius 1 is 0.938 bits per heavy atom. The Labute approximate surface area is 185 Å². The highest BCUT2D eigenvalue weighted by Crippen LogP contribution is 2.21. The first-order chi connectivity index (χ1) is 15.6. The lowest BCUT2D eigenvalue weighted by Gasteiger charge is -2.36. The Morgan fingerprint density at radius 2 is 1.69 bits per heavy atom. The molecule has 0 aliphatic carbocycles. The van der Waals surface area contributed by atoms with Gasteiger partial charge in [-0.25, -0.2) is 8.78 Å². The highest BCUT2D eigenvalue weighted by atomic mass is 19.1. The second-order valence-corrected chi connectivity index (χ2v) is 8.66. The van der Waals surface area contributed by atoms with Gasteiger partial charge in [-0.15, -0.1) is 0 Å². The van der Waals surface area contributed by atoms with Crippen LogP contribution in [0.3, 0.4) is 0 Å². The van der Waals surface area contributed by atoms with Crippen LogP contribution in [0.15, 0.2) is 53.3 Å². The van der Waals surface area contributed by atoms with Gasteiger partial charge in [-0.1, -0.05) is 0 Å². The summed E-state index contributed by atoms with van der Waals surface area (Å²) < 4.78 is 34.6. The molecule has 5 nitrogen and oxygen atoms in total. The lowest BCUT2D eigenvalue weighted by Crippen LogP contribution is -2.46. The third-order valence-corrected chi connectivity index (χ3v) is 6.50. The minimum atomic E-state index is -0.345. The summed E-state index contributed by atoms with van der Waals surface area (Å²) in [7, 11) is 0. The first kappa shape index (κ1) is 21.1. The Hall–Kier alpha value is -2.77. The highest BCUT2D eigenvalue weighted by Gasteiger charge is 2.22. The Morgan fingerprint density at radius 3 is 2.41 bits per heavy atom. The van der Waals surface area contributed by atoms with Gasteiger partial charge in [-0.3, -0.25) is 9.69 Å². The molecule has 32 heavy (non-hydrogen) atoms. The van der Waals surface area contributed by atoms with Gasteiger partial charge in [-0.05, 0) is 66.8 Å². The zero-order valence-corrected chi connectivity index (χ0v) is 18.0. The third-order valence-electron chi connectivity index (χ3n) is 6.50. The maximum Gasteiger partial charge on any atom is 0.255 e. The van der Waals surface area contributed by atoms with Crippen molar-refractivity contribution in [2.24, 2.45) is 0 Å². The summed E-state index contributed by atoms with van der Waals surface area (Å²) in [4.78, 5) is 17.9. The molecule has 2 aliphatic rings. The fraction of sp³-hybridized carbons (Fsp3) is 0.400. The highest BCUT2D eigenvalue weighted by molar-refractivity contribution is 5.79. The Bertz CT molecular complexity index is 1150. The van der Waals surface area contributed by atoms with Crippen LogP contribution >= 0.6 is 0 Å². The third kappa shape index (κ3) is 4.40. The summed E-state index contributed by atoms with van der Waals surface area (Å²) in [5.41, 5.74) is 2.28. The maximum atomic E-state index is 14.0. The summed E-state index contributed by atoms with van der Waals surface area (Å²) in [5.74, 6) is -0.578. The molecule has 2 fully saturated rings. The number of nitrogens with zero attached hydrogens (tertiary/aromatic N) is 3. The fourth-order valence-electron chi connectivity index (χ4n) is 4.75. The molecule has 2 aliphatic heterocycles. The topological polar surface area (TPSA) is 37.7 Å². The summed E-state index contributed by atoms with van der Waals surface area (Å²) in [5, 5.41) is 0.865. The average molecular weight is 440 g/mol. The van der Waals surface area contributed by atoms with Crippen molar-refractivity contribution in [1.29, 1.82) is 0 Å². The molecule has 1 unspecified atom stereocenters. The molecule has 0 spiro atoms. The number of hydrogen-bond acceptors (Lipinski definition) is 4. The normalized spacial score (nSPS) is 19.7. The second kappa shape index (κ2) is 9.00. The van der Waals surface area contributed by atoms with Gasteiger partial charge in [0, 0.05) is 50.6 Å². The van der Waals surface area contributed by atoms with Crippen molar-refractivity contribution in [3.63, 3.8) is 0 Å². The molecule has 2 aromatic carbocycles. The smallest absolute Gasteiger partial charge is 0.255 e. The number of piperazine rings is 1. The number of rotatable bonds is 5. The van der Waals surface area contributed by atoms with E-state index in [9.17, 15) is 13.6 Å². The van der Waals surface area contributed by atoms with Crippen molar-refractivity contribution in [2.75, 3.05) is 37.7 Å². The van der Waals surface area contributed by atoms with Crippen molar-refractivity contribution in [3.05, 3.63) is 76.1 Å². The fourth-order valence-corrected chi connectivity index (χ4v) is 4.75. The number of pyridine rings is 1. The molecule has 0 N–H and O–H groups in total. The molecule has 168 valence electrons. The van der Waals surface area contributed by atoms with Crippen molar-refractivity contribution in [1.82, 2.24) is 9.47 Å². The first-order valence-electron chi connectivity index (χ1n) is 11.2. The number of halogens is 2. The molecular formula is C25H27F2N3O2. The Kier molecular flexibility index (Phi) is 5.93. The van der Waals surface area contributed by atoms with E-state index in [4.69, 9.17) is 4.74 Å². The van der Waals surface area contributed by atoms with Gasteiger partial charge in [0.15, 0.2) is 0 Å². The minimum absolute atomic E-state index is 0.00586. The summed E-state index contributed by atoms with van der Waals surface area (Å²) in [6.45, 7) is 4.96. The predicted molar refractivity (Wildman–Crippen MR) is 121 cm³/mol. The van der Waals surface area contributed by atoms with Gasteiger partial charge < -0.3 is 14.2 Å². The van der Waals surface area contributed by atoms with Crippen LogP contribution in [0.1, 0.15) is 18.4 Å². The van der Waals surface area contributed by atoms with Crippen LogP contribution in [0.5, 0.6) is 0 Å². The van der Waals surface area contributed by atoms with E-state index in [-0.39, 0.29) is 23.3 Å². The average Bonchev–Trinajstić information content (AvgIpc) is 3.31. The standard InChI is InChI=1S/C25H27F2N3O2/c26-20-5-7-22(8-6-20)29-11-9-28(10-12-29)16-19-14-18-3-4-21(27)15-24(18)30(25(19)31)17-23-2-1-13-32-23/h3-8,14-15,23H,1-2,9-13,16-17H2. The summed E-state index contributed by atoms with van der Waals surface area (Å²) >= 11 is 0. The maximum absolute atomic E-state index is 14.0. The van der Waals surface area contributed by atoms with Crippen LogP contribution in [-0.4, -0.2) is 48.4 Å². The SMILES string of the molecule is O=c1c(CN2CCN(c3ccc(F)cc3)CC2)cc2ccc(F)cc2n1CC1CCCO1. The van der Waals surface area contributed by atoms with Crippen LogP contribution in [0.25, 0.3) is 10.9 Å². The van der Waals surface area contributed by atoms with Crippen molar-refractivity contribution < 1.29 is 13.5 Å². The van der Waals surface area contributed by atoms with Gasteiger partial charge in [0.1, 0.15) is 11.6 Å². The zero-order chi connectivity index (χ0) is 22.1. The van der Waals surface area contributed by atoms with Gasteiger partial charge >= 0.3 is 0 Å². The van der Waals surface area contributed by atoms with E-state index in [1.54, 1.807) is 22.8 Å². The van der Waals surface area contributed by atoms with E-state index in [1.807, 2.05) is 6.07 Å². The molecule has 7 heteroatoms. The summed E-state index contributed by atoms with van der Waals surface area (Å²) in [6, 6.07) is 13.1. The van der Waals surface area contributed by atoms with Crippen LogP contribution in [0, 0.1) is 11.6 Å². The van der Waals surface area contributed by atoms with Gasteiger partial charge in [0.25, 0.3) is 5.56 Å². The lowest BCUT2D eigenvalue weighted by atomic mass is 10.1. The second-order valence-electron chi connectivity index (χ2n) is 8.66. The molecule has 0 bridgehead atoms. The van der Waals surface area contributed by atoms with E-state index >= 15 is 0 Å². The number of aromatic nitrogens is 1. The van der Waals surface area contributed by atoms with E-state index in [1.165, 1.54) is 24.3 Å². The molecule has 2 saturated heterocycles. The molecule has 5 rings (SSSR count). The molecule has 0 saturated carbocycles. The zero-order valence-electron chi connectivity index (χ0n) is 18.0. The van der Waals surface area contributed by atoms with Gasteiger partial charge in [0.2, 0.25) is 0 Å². The van der Waals surface area contributed by atoms with E-state index < -0.39 is 0 Å². The molecule has 1 atom stereocenters. The molecule has 0 amide bonds. The molecule has 0 radical (unpaired) electrons. The number of anilines is 1. The number of ether oxygens (including phenoxy) is 1. The van der Waals surface area contributed by atoms with Crippen LogP contribution < -0.4 is 10.5 Å². The lowest BCUT2D eigenvalue weighted by molar-refractivity contribution is 0.0970. The van der Waals surface area contributed by atoms with Crippen LogP contribution in [0.2, 0.25) is 0 Å². The minimum Gasteiger partial charge on any atom is -0.376 e. The van der Waals surface area contributed by atoms with Crippen molar-refractivity contribution >= 4 is 16.6 Å². The van der Waals surface area contributed by atoms with E-state index in [0.29, 0.717) is 25.2 Å². The summed E-state index contributed by atoms with van der Waals surface area (Å²) in [6.07, 6.45) is 1.90. The van der Waals surface area contributed by atoms with E-state index in [0.717, 1.165) is 55.7 Å². The van der Waals surface area contributed by atoms with Crippen molar-refractivity contribution in [2.45, 2.75) is 32.0 Å². The quantitative estimate of drug-likeness (QED) is 0.607. The van der Waals surface area contributed by atoms with Gasteiger partial charge in [0.05, 0.1) is 18.2 Å².